The fourth-order valence-electron chi connectivity index (χ4n) is 1.43. The van der Waals surface area contributed by atoms with Gasteiger partial charge in [-0.25, -0.2) is 0 Å². The summed E-state index contributed by atoms with van der Waals surface area (Å²) >= 11 is 0. The Balaban J connectivity index is 0.000000225. The summed E-state index contributed by atoms with van der Waals surface area (Å²) in [4.78, 5) is 0. The molecule has 0 amide bonds. The first-order valence-corrected chi connectivity index (χ1v) is 5.49. The molecule has 5 atom stereocenters. The SMILES string of the molecule is C1=CCOC=C1.OC[C@H]1OC(O)[C@H](O)[C@@H](O)[C@@H]1O. The molecule has 0 aromatic rings. The van der Waals surface area contributed by atoms with Gasteiger partial charge in [0.2, 0.25) is 0 Å². The number of allylic oxidation sites excluding steroid dienone is 2. The van der Waals surface area contributed by atoms with Crippen molar-refractivity contribution in [2.75, 3.05) is 13.2 Å². The molecule has 7 heteroatoms. The summed E-state index contributed by atoms with van der Waals surface area (Å²) in [5.41, 5.74) is 0. The number of aliphatic hydroxyl groups excluding tert-OH is 5. The molecule has 18 heavy (non-hydrogen) atoms. The second kappa shape index (κ2) is 7.47. The van der Waals surface area contributed by atoms with Crippen molar-refractivity contribution in [1.29, 1.82) is 0 Å². The molecular formula is C11H18O7. The van der Waals surface area contributed by atoms with Crippen LogP contribution >= 0.6 is 0 Å². The van der Waals surface area contributed by atoms with Crippen LogP contribution in [-0.4, -0.2) is 69.5 Å². The van der Waals surface area contributed by atoms with Gasteiger partial charge < -0.3 is 35.0 Å². The van der Waals surface area contributed by atoms with Gasteiger partial charge in [0.25, 0.3) is 0 Å². The smallest absolute Gasteiger partial charge is 0.184 e. The van der Waals surface area contributed by atoms with E-state index >= 15 is 0 Å². The van der Waals surface area contributed by atoms with Gasteiger partial charge >= 0.3 is 0 Å². The Hall–Kier alpha value is -0.960. The van der Waals surface area contributed by atoms with Crippen LogP contribution < -0.4 is 0 Å². The van der Waals surface area contributed by atoms with E-state index in [1.807, 2.05) is 18.2 Å². The van der Waals surface area contributed by atoms with E-state index in [2.05, 4.69) is 4.74 Å². The molecule has 0 bridgehead atoms. The molecule has 0 spiro atoms. The van der Waals surface area contributed by atoms with E-state index in [-0.39, 0.29) is 0 Å². The molecule has 7 nitrogen and oxygen atoms in total. The lowest BCUT2D eigenvalue weighted by Gasteiger charge is -2.37. The molecule has 5 N–H and O–H groups in total. The van der Waals surface area contributed by atoms with Crippen molar-refractivity contribution in [3.63, 3.8) is 0 Å². The predicted molar refractivity (Wildman–Crippen MR) is 60.2 cm³/mol. The number of hydrogen-bond donors (Lipinski definition) is 5. The van der Waals surface area contributed by atoms with Crippen LogP contribution in [0.15, 0.2) is 24.5 Å². The minimum atomic E-state index is -1.57. The summed E-state index contributed by atoms with van der Waals surface area (Å²) in [7, 11) is 0. The van der Waals surface area contributed by atoms with Gasteiger partial charge in [-0.2, -0.15) is 0 Å². The average molecular weight is 262 g/mol. The molecule has 0 aromatic heterocycles. The second-order valence-corrected chi connectivity index (χ2v) is 3.81. The first-order valence-electron chi connectivity index (χ1n) is 5.49. The van der Waals surface area contributed by atoms with Crippen molar-refractivity contribution >= 4 is 0 Å². The highest BCUT2D eigenvalue weighted by Gasteiger charge is 2.42. The standard InChI is InChI=1S/C6H12O6.C5H6O/c7-1-2-3(8)4(9)5(10)6(11)12-2;1-2-4-6-5-3-1/h2-11H,1H2;1-4H,5H2/t2-,3-,4+,5-,6?;/m1./s1. The maximum absolute atomic E-state index is 9.12. The van der Waals surface area contributed by atoms with Crippen LogP contribution in [0.5, 0.6) is 0 Å². The zero-order valence-corrected chi connectivity index (χ0v) is 9.66. The Labute approximate surface area is 104 Å². The van der Waals surface area contributed by atoms with E-state index in [4.69, 9.17) is 30.3 Å². The number of rotatable bonds is 1. The molecule has 0 aromatic carbocycles. The van der Waals surface area contributed by atoms with Gasteiger partial charge in [0.15, 0.2) is 6.29 Å². The lowest BCUT2D eigenvalue weighted by molar-refractivity contribution is -0.286. The van der Waals surface area contributed by atoms with E-state index in [1.54, 1.807) is 6.26 Å². The normalized spacial score (nSPS) is 38.6. The van der Waals surface area contributed by atoms with Crippen LogP contribution in [0.4, 0.5) is 0 Å². The highest BCUT2D eigenvalue weighted by Crippen LogP contribution is 2.18. The summed E-state index contributed by atoms with van der Waals surface area (Å²) in [6.45, 7) is 0.207. The molecule has 1 saturated heterocycles. The highest BCUT2D eigenvalue weighted by atomic mass is 16.6. The lowest BCUT2D eigenvalue weighted by atomic mass is 10.00. The van der Waals surface area contributed by atoms with Crippen molar-refractivity contribution in [3.8, 4) is 0 Å². The van der Waals surface area contributed by atoms with Gasteiger partial charge in [-0.3, -0.25) is 0 Å². The van der Waals surface area contributed by atoms with Crippen LogP contribution in [-0.2, 0) is 9.47 Å². The van der Waals surface area contributed by atoms with Gasteiger partial charge in [-0.1, -0.05) is 6.08 Å². The Bertz CT molecular complexity index is 274. The Morgan fingerprint density at radius 2 is 1.72 bits per heavy atom. The van der Waals surface area contributed by atoms with Gasteiger partial charge in [0.1, 0.15) is 31.0 Å². The zero-order valence-electron chi connectivity index (χ0n) is 9.66. The summed E-state index contributed by atoms with van der Waals surface area (Å²) in [6.07, 6.45) is 0.425. The monoisotopic (exact) mass is 262 g/mol. The van der Waals surface area contributed by atoms with Crippen molar-refractivity contribution in [2.24, 2.45) is 0 Å². The van der Waals surface area contributed by atoms with E-state index in [9.17, 15) is 0 Å². The molecule has 1 fully saturated rings. The van der Waals surface area contributed by atoms with E-state index in [1.165, 1.54) is 0 Å². The molecular weight excluding hydrogens is 244 g/mol. The maximum atomic E-state index is 9.12. The fraction of sp³-hybridized carbons (Fsp3) is 0.636. The summed E-state index contributed by atoms with van der Waals surface area (Å²) in [5.74, 6) is 0. The topological polar surface area (TPSA) is 120 Å². The fourth-order valence-corrected chi connectivity index (χ4v) is 1.43. The van der Waals surface area contributed by atoms with Gasteiger partial charge in [0, 0.05) is 0 Å². The van der Waals surface area contributed by atoms with E-state index in [0.29, 0.717) is 0 Å². The van der Waals surface area contributed by atoms with Crippen molar-refractivity contribution < 1.29 is 35.0 Å². The molecule has 2 rings (SSSR count). The van der Waals surface area contributed by atoms with E-state index in [0.717, 1.165) is 6.61 Å². The molecule has 1 unspecified atom stereocenters. The van der Waals surface area contributed by atoms with Crippen LogP contribution in [0.25, 0.3) is 0 Å². The third kappa shape index (κ3) is 4.05. The van der Waals surface area contributed by atoms with Crippen LogP contribution in [0.1, 0.15) is 0 Å². The van der Waals surface area contributed by atoms with Crippen molar-refractivity contribution in [3.05, 3.63) is 24.5 Å². The van der Waals surface area contributed by atoms with Crippen molar-refractivity contribution in [2.45, 2.75) is 30.7 Å². The van der Waals surface area contributed by atoms with Crippen LogP contribution in [0.2, 0.25) is 0 Å². The first-order chi connectivity index (χ1) is 8.57. The molecule has 0 radical (unpaired) electrons. The van der Waals surface area contributed by atoms with Crippen molar-refractivity contribution in [1.82, 2.24) is 0 Å². The second-order valence-electron chi connectivity index (χ2n) is 3.81. The minimum Gasteiger partial charge on any atom is -0.497 e. The molecule has 2 aliphatic rings. The molecule has 2 aliphatic heterocycles. The molecule has 2 heterocycles. The lowest BCUT2D eigenvalue weighted by Crippen LogP contribution is -2.58. The Kier molecular flexibility index (Phi) is 6.27. The summed E-state index contributed by atoms with van der Waals surface area (Å²) in [6, 6.07) is 0. The highest BCUT2D eigenvalue weighted by molar-refractivity contribution is 5.03. The molecule has 104 valence electrons. The molecule has 0 aliphatic carbocycles. The third-order valence-electron chi connectivity index (χ3n) is 2.48. The minimum absolute atomic E-state index is 0.526. The third-order valence-corrected chi connectivity index (χ3v) is 2.48. The zero-order chi connectivity index (χ0) is 13.5. The van der Waals surface area contributed by atoms with Crippen LogP contribution in [0, 0.1) is 0 Å². The summed E-state index contributed by atoms with van der Waals surface area (Å²) < 4.78 is 9.38. The van der Waals surface area contributed by atoms with Gasteiger partial charge in [-0.15, -0.1) is 0 Å². The molecule has 0 saturated carbocycles. The van der Waals surface area contributed by atoms with Crippen LogP contribution in [0.3, 0.4) is 0 Å². The quantitative estimate of drug-likeness (QED) is 0.366. The Morgan fingerprint density at radius 3 is 2.11 bits per heavy atom. The Morgan fingerprint density at radius 1 is 1.00 bits per heavy atom. The number of hydrogen-bond acceptors (Lipinski definition) is 7. The van der Waals surface area contributed by atoms with Gasteiger partial charge in [-0.05, 0) is 12.2 Å². The largest absolute Gasteiger partial charge is 0.497 e. The number of aliphatic hydroxyl groups is 5. The predicted octanol–water partition coefficient (Wildman–Crippen LogP) is -2.13. The average Bonchev–Trinajstić information content (AvgIpc) is 2.43. The summed E-state index contributed by atoms with van der Waals surface area (Å²) in [5, 5.41) is 44.7. The van der Waals surface area contributed by atoms with Gasteiger partial charge in [0.05, 0.1) is 12.9 Å². The maximum Gasteiger partial charge on any atom is 0.184 e. The number of ether oxygens (including phenoxy) is 2. The first kappa shape index (κ1) is 15.1. The van der Waals surface area contributed by atoms with E-state index < -0.39 is 37.3 Å².